The fourth-order valence-electron chi connectivity index (χ4n) is 1.36. The van der Waals surface area contributed by atoms with Gasteiger partial charge in [0.2, 0.25) is 5.95 Å². The van der Waals surface area contributed by atoms with Gasteiger partial charge in [-0.1, -0.05) is 39.7 Å². The highest BCUT2D eigenvalue weighted by Gasteiger charge is 2.01. The van der Waals surface area contributed by atoms with Gasteiger partial charge in [0.15, 0.2) is 0 Å². The summed E-state index contributed by atoms with van der Waals surface area (Å²) in [5, 5.41) is 3.71. The molecule has 0 atom stereocenters. The van der Waals surface area contributed by atoms with E-state index in [9.17, 15) is 4.39 Å². The lowest BCUT2D eigenvalue weighted by atomic mass is 10.2. The minimum Gasteiger partial charge on any atom is -0.366 e. The fraction of sp³-hybridized carbons (Fsp3) is 0.0833. The van der Waals surface area contributed by atoms with Gasteiger partial charge in [-0.2, -0.15) is 4.39 Å². The zero-order chi connectivity index (χ0) is 12.3. The number of hydrogen-bond donors (Lipinski definition) is 1. The predicted octanol–water partition coefficient (Wildman–Crippen LogP) is 4.25. The van der Waals surface area contributed by atoms with Gasteiger partial charge in [-0.15, -0.1) is 0 Å². The van der Waals surface area contributed by atoms with Crippen LogP contribution >= 0.6 is 27.5 Å². The van der Waals surface area contributed by atoms with Crippen molar-refractivity contribution in [3.8, 4) is 0 Å². The molecule has 0 aliphatic heterocycles. The summed E-state index contributed by atoms with van der Waals surface area (Å²) >= 11 is 9.26. The molecule has 1 aromatic carbocycles. The van der Waals surface area contributed by atoms with Crippen molar-refractivity contribution in [2.45, 2.75) is 6.54 Å². The van der Waals surface area contributed by atoms with E-state index in [-0.39, 0.29) is 0 Å². The van der Waals surface area contributed by atoms with Crippen LogP contribution < -0.4 is 5.32 Å². The summed E-state index contributed by atoms with van der Waals surface area (Å²) in [6.07, 6.45) is 0. The molecule has 0 radical (unpaired) electrons. The molecule has 0 bridgehead atoms. The van der Waals surface area contributed by atoms with Gasteiger partial charge in [-0.05, 0) is 29.8 Å². The number of halogens is 3. The molecule has 2 aromatic rings. The Bertz CT molecular complexity index is 534. The Kier molecular flexibility index (Phi) is 3.97. The first-order valence-electron chi connectivity index (χ1n) is 4.95. The van der Waals surface area contributed by atoms with Gasteiger partial charge in [-0.25, -0.2) is 4.98 Å². The lowest BCUT2D eigenvalue weighted by molar-refractivity contribution is 0.585. The molecule has 0 aliphatic rings. The standard InChI is InChI=1S/C12H9BrClFN2/c13-10-6-9(14)5-4-8(10)7-16-12-3-1-2-11(15)17-12/h1-6H,7H2,(H,16,17). The van der Waals surface area contributed by atoms with Crippen LogP contribution in [-0.2, 0) is 6.54 Å². The Morgan fingerprint density at radius 3 is 2.82 bits per heavy atom. The van der Waals surface area contributed by atoms with E-state index >= 15 is 0 Å². The second kappa shape index (κ2) is 5.47. The molecule has 5 heteroatoms. The average molecular weight is 316 g/mol. The summed E-state index contributed by atoms with van der Waals surface area (Å²) < 4.78 is 13.8. The van der Waals surface area contributed by atoms with Crippen molar-refractivity contribution in [1.29, 1.82) is 0 Å². The van der Waals surface area contributed by atoms with E-state index in [2.05, 4.69) is 26.2 Å². The number of rotatable bonds is 3. The van der Waals surface area contributed by atoms with Gasteiger partial charge in [0, 0.05) is 16.0 Å². The summed E-state index contributed by atoms with van der Waals surface area (Å²) in [4.78, 5) is 3.72. The summed E-state index contributed by atoms with van der Waals surface area (Å²) in [5.41, 5.74) is 1.03. The van der Waals surface area contributed by atoms with Crippen LogP contribution in [0.3, 0.4) is 0 Å². The largest absolute Gasteiger partial charge is 0.366 e. The Balaban J connectivity index is 2.07. The molecular formula is C12H9BrClFN2. The zero-order valence-corrected chi connectivity index (χ0v) is 11.1. The highest BCUT2D eigenvalue weighted by atomic mass is 79.9. The normalized spacial score (nSPS) is 10.3. The lowest BCUT2D eigenvalue weighted by Crippen LogP contribution is -2.02. The highest BCUT2D eigenvalue weighted by Crippen LogP contribution is 2.22. The molecule has 17 heavy (non-hydrogen) atoms. The van der Waals surface area contributed by atoms with E-state index in [1.54, 1.807) is 12.1 Å². The van der Waals surface area contributed by atoms with Crippen molar-refractivity contribution in [1.82, 2.24) is 4.98 Å². The third-order valence-corrected chi connectivity index (χ3v) is 3.16. The second-order valence-corrected chi connectivity index (χ2v) is 4.73. The second-order valence-electron chi connectivity index (χ2n) is 3.43. The number of nitrogens with zero attached hydrogens (tertiary/aromatic N) is 1. The molecule has 88 valence electrons. The fourth-order valence-corrected chi connectivity index (χ4v) is 2.18. The van der Waals surface area contributed by atoms with E-state index in [1.165, 1.54) is 6.07 Å². The van der Waals surface area contributed by atoms with Crippen LogP contribution in [0.15, 0.2) is 40.9 Å². The van der Waals surface area contributed by atoms with E-state index in [4.69, 9.17) is 11.6 Å². The van der Waals surface area contributed by atoms with Crippen molar-refractivity contribution in [3.63, 3.8) is 0 Å². The Labute approximate surface area is 112 Å². The molecule has 0 spiro atoms. The van der Waals surface area contributed by atoms with Gasteiger partial charge in [0.05, 0.1) is 0 Å². The minimum absolute atomic E-state index is 0.495. The van der Waals surface area contributed by atoms with E-state index in [0.29, 0.717) is 17.4 Å². The Hall–Kier alpha value is -1.13. The quantitative estimate of drug-likeness (QED) is 0.857. The molecule has 2 rings (SSSR count). The molecule has 0 aliphatic carbocycles. The molecule has 0 saturated carbocycles. The zero-order valence-electron chi connectivity index (χ0n) is 8.75. The molecular weight excluding hydrogens is 307 g/mol. The number of benzene rings is 1. The van der Waals surface area contributed by atoms with E-state index < -0.39 is 5.95 Å². The topological polar surface area (TPSA) is 24.9 Å². The first-order valence-corrected chi connectivity index (χ1v) is 6.12. The van der Waals surface area contributed by atoms with Gasteiger partial charge in [0.1, 0.15) is 5.82 Å². The monoisotopic (exact) mass is 314 g/mol. The predicted molar refractivity (Wildman–Crippen MR) is 70.7 cm³/mol. The first-order chi connectivity index (χ1) is 8.15. The number of anilines is 1. The summed E-state index contributed by atoms with van der Waals surface area (Å²) in [6.45, 7) is 0.550. The number of aromatic nitrogens is 1. The average Bonchev–Trinajstić information content (AvgIpc) is 2.28. The van der Waals surface area contributed by atoms with E-state index in [0.717, 1.165) is 10.0 Å². The van der Waals surface area contributed by atoms with Gasteiger partial charge in [-0.3, -0.25) is 0 Å². The molecule has 1 heterocycles. The third kappa shape index (κ3) is 3.41. The number of pyridine rings is 1. The Morgan fingerprint density at radius 2 is 2.12 bits per heavy atom. The van der Waals surface area contributed by atoms with E-state index in [1.807, 2.05) is 18.2 Å². The van der Waals surface area contributed by atoms with Crippen LogP contribution in [0.25, 0.3) is 0 Å². The van der Waals surface area contributed by atoms with Crippen LogP contribution in [0, 0.1) is 5.95 Å². The van der Waals surface area contributed by atoms with Gasteiger partial charge in [0.25, 0.3) is 0 Å². The molecule has 0 saturated heterocycles. The molecule has 0 amide bonds. The van der Waals surface area contributed by atoms with Crippen molar-refractivity contribution in [2.75, 3.05) is 5.32 Å². The van der Waals surface area contributed by atoms with Crippen molar-refractivity contribution in [3.05, 3.63) is 57.4 Å². The van der Waals surface area contributed by atoms with Crippen LogP contribution in [-0.4, -0.2) is 4.98 Å². The Morgan fingerprint density at radius 1 is 1.29 bits per heavy atom. The van der Waals surface area contributed by atoms with Gasteiger partial charge < -0.3 is 5.32 Å². The van der Waals surface area contributed by atoms with Crippen molar-refractivity contribution >= 4 is 33.3 Å². The van der Waals surface area contributed by atoms with Crippen molar-refractivity contribution < 1.29 is 4.39 Å². The smallest absolute Gasteiger partial charge is 0.214 e. The van der Waals surface area contributed by atoms with Gasteiger partial charge >= 0.3 is 0 Å². The molecule has 0 unspecified atom stereocenters. The maximum absolute atomic E-state index is 12.8. The van der Waals surface area contributed by atoms with Crippen LogP contribution in [0.2, 0.25) is 5.02 Å². The van der Waals surface area contributed by atoms with Crippen LogP contribution in [0.4, 0.5) is 10.2 Å². The molecule has 0 fully saturated rings. The van der Waals surface area contributed by atoms with Crippen LogP contribution in [0.5, 0.6) is 0 Å². The third-order valence-electron chi connectivity index (χ3n) is 2.19. The summed E-state index contributed by atoms with van der Waals surface area (Å²) in [6, 6.07) is 10.2. The summed E-state index contributed by atoms with van der Waals surface area (Å²) in [7, 11) is 0. The van der Waals surface area contributed by atoms with Crippen molar-refractivity contribution in [2.24, 2.45) is 0 Å². The molecule has 2 nitrogen and oxygen atoms in total. The SMILES string of the molecule is Fc1cccc(NCc2ccc(Cl)cc2Br)n1. The minimum atomic E-state index is -0.495. The maximum atomic E-state index is 12.8. The molecule has 1 N–H and O–H groups in total. The lowest BCUT2D eigenvalue weighted by Gasteiger charge is -2.07. The molecule has 1 aromatic heterocycles. The highest BCUT2D eigenvalue weighted by molar-refractivity contribution is 9.10. The number of nitrogens with one attached hydrogen (secondary N) is 1. The van der Waals surface area contributed by atoms with Crippen LogP contribution in [0.1, 0.15) is 5.56 Å². The summed E-state index contributed by atoms with van der Waals surface area (Å²) in [5.74, 6) is 0.0111. The number of hydrogen-bond acceptors (Lipinski definition) is 2. The first kappa shape index (κ1) is 12.3. The maximum Gasteiger partial charge on any atom is 0.214 e.